The highest BCUT2D eigenvalue weighted by molar-refractivity contribution is 7.13. The van der Waals surface area contributed by atoms with Gasteiger partial charge in [0, 0.05) is 11.9 Å². The molecule has 25 heavy (non-hydrogen) atoms. The maximum Gasteiger partial charge on any atom is 0.358 e. The van der Waals surface area contributed by atoms with Crippen LogP contribution in [0.1, 0.15) is 49.5 Å². The molecule has 0 saturated heterocycles. The molecule has 1 saturated carbocycles. The number of aromatic nitrogens is 1. The van der Waals surface area contributed by atoms with Crippen LogP contribution in [0.4, 0.5) is 5.13 Å². The Morgan fingerprint density at radius 3 is 2.88 bits per heavy atom. The van der Waals surface area contributed by atoms with Crippen molar-refractivity contribution in [2.24, 2.45) is 0 Å². The van der Waals surface area contributed by atoms with Crippen LogP contribution in [0.3, 0.4) is 0 Å². The maximum absolute atomic E-state index is 12.3. The van der Waals surface area contributed by atoms with Gasteiger partial charge in [-0.05, 0) is 19.8 Å². The Bertz CT molecular complexity index is 674. The third-order valence-electron chi connectivity index (χ3n) is 4.05. The fourth-order valence-electron chi connectivity index (χ4n) is 2.64. The molecule has 2 N–H and O–H groups in total. The zero-order valence-electron chi connectivity index (χ0n) is 14.2. The molecule has 0 spiro atoms. The average Bonchev–Trinajstić information content (AvgIpc) is 3.09. The minimum absolute atomic E-state index is 0.142. The molecule has 0 bridgehead atoms. The molecule has 1 amide bonds. The highest BCUT2D eigenvalue weighted by atomic mass is 32.1. The molecular formula is C17H22N4O3S. The van der Waals surface area contributed by atoms with Crippen molar-refractivity contribution in [1.82, 2.24) is 10.3 Å². The van der Waals surface area contributed by atoms with Crippen molar-refractivity contribution in [1.29, 1.82) is 5.26 Å². The van der Waals surface area contributed by atoms with E-state index in [9.17, 15) is 14.9 Å². The van der Waals surface area contributed by atoms with Crippen molar-refractivity contribution in [2.45, 2.75) is 50.7 Å². The Labute approximate surface area is 151 Å². The largest absolute Gasteiger partial charge is 0.448 e. The molecule has 1 aromatic heterocycles. The third-order valence-corrected chi connectivity index (χ3v) is 4.85. The first-order valence-electron chi connectivity index (χ1n) is 8.24. The van der Waals surface area contributed by atoms with Gasteiger partial charge in [-0.15, -0.1) is 17.9 Å². The van der Waals surface area contributed by atoms with Crippen LogP contribution in [0.5, 0.6) is 0 Å². The predicted molar refractivity (Wildman–Crippen MR) is 95.2 cm³/mol. The average molecular weight is 362 g/mol. The van der Waals surface area contributed by atoms with Crippen LogP contribution in [0.25, 0.3) is 0 Å². The van der Waals surface area contributed by atoms with E-state index in [2.05, 4.69) is 28.3 Å². The highest BCUT2D eigenvalue weighted by Crippen LogP contribution is 2.27. The minimum atomic E-state index is -0.995. The van der Waals surface area contributed by atoms with Gasteiger partial charge >= 0.3 is 5.97 Å². The topological polar surface area (TPSA) is 104 Å². The lowest BCUT2D eigenvalue weighted by atomic mass is 9.83. The quantitative estimate of drug-likeness (QED) is 0.571. The van der Waals surface area contributed by atoms with E-state index in [0.29, 0.717) is 24.5 Å². The van der Waals surface area contributed by atoms with E-state index in [1.54, 1.807) is 11.5 Å². The van der Waals surface area contributed by atoms with E-state index in [0.717, 1.165) is 19.3 Å². The zero-order chi connectivity index (χ0) is 18.3. The number of nitriles is 1. The molecule has 0 radical (unpaired) electrons. The molecule has 1 aliphatic carbocycles. The number of thiazole rings is 1. The van der Waals surface area contributed by atoms with Gasteiger partial charge in [0.1, 0.15) is 5.54 Å². The third kappa shape index (κ3) is 5.03. The molecule has 1 atom stereocenters. The smallest absolute Gasteiger partial charge is 0.358 e. The summed E-state index contributed by atoms with van der Waals surface area (Å²) < 4.78 is 5.18. The molecule has 0 aromatic carbocycles. The summed E-state index contributed by atoms with van der Waals surface area (Å²) in [6, 6.07) is 2.21. The molecule has 1 fully saturated rings. The predicted octanol–water partition coefficient (Wildman–Crippen LogP) is 2.63. The lowest BCUT2D eigenvalue weighted by molar-refractivity contribution is -0.130. The maximum atomic E-state index is 12.3. The van der Waals surface area contributed by atoms with Gasteiger partial charge in [-0.3, -0.25) is 4.79 Å². The molecular weight excluding hydrogens is 340 g/mol. The fraction of sp³-hybridized carbons (Fsp3) is 0.529. The van der Waals surface area contributed by atoms with Gasteiger partial charge in [0.05, 0.1) is 6.07 Å². The number of nitrogens with one attached hydrogen (secondary N) is 2. The Balaban J connectivity index is 1.91. The summed E-state index contributed by atoms with van der Waals surface area (Å²) in [5.41, 5.74) is -0.706. The van der Waals surface area contributed by atoms with E-state index in [1.807, 2.05) is 0 Å². The van der Waals surface area contributed by atoms with E-state index in [1.165, 1.54) is 18.3 Å². The zero-order valence-corrected chi connectivity index (χ0v) is 15.0. The summed E-state index contributed by atoms with van der Waals surface area (Å²) in [4.78, 5) is 28.5. The lowest BCUT2D eigenvalue weighted by Gasteiger charge is -2.32. The fourth-order valence-corrected chi connectivity index (χ4v) is 3.33. The number of rotatable bonds is 7. The summed E-state index contributed by atoms with van der Waals surface area (Å²) in [7, 11) is 0. The van der Waals surface area contributed by atoms with Gasteiger partial charge in [0.15, 0.2) is 16.9 Å². The minimum Gasteiger partial charge on any atom is -0.448 e. The van der Waals surface area contributed by atoms with E-state index >= 15 is 0 Å². The van der Waals surface area contributed by atoms with Crippen molar-refractivity contribution >= 4 is 28.3 Å². The Kier molecular flexibility index (Phi) is 6.53. The molecule has 2 rings (SSSR count). The summed E-state index contributed by atoms with van der Waals surface area (Å²) in [6.45, 7) is 5.62. The summed E-state index contributed by atoms with van der Waals surface area (Å²) in [5, 5.41) is 17.3. The van der Waals surface area contributed by atoms with Crippen LogP contribution in [-0.4, -0.2) is 35.0 Å². The standard InChI is InChI=1S/C17H22N4O3S/c1-3-9-19-16-20-13(10-25-16)15(23)24-12(2)14(22)21-17(11-18)7-5-4-6-8-17/h3,10,12H,1,4-9H2,2H3,(H,19,20)(H,21,22)/t12-/m0/s1. The molecule has 134 valence electrons. The second-order valence-electron chi connectivity index (χ2n) is 6.00. The number of ether oxygens (including phenoxy) is 1. The summed E-state index contributed by atoms with van der Waals surface area (Å²) >= 11 is 1.27. The Morgan fingerprint density at radius 2 is 2.24 bits per heavy atom. The molecule has 1 aliphatic rings. The number of carbonyl (C=O) groups is 2. The van der Waals surface area contributed by atoms with Crippen LogP contribution in [0.2, 0.25) is 0 Å². The number of hydrogen-bond acceptors (Lipinski definition) is 7. The van der Waals surface area contributed by atoms with E-state index in [-0.39, 0.29) is 5.69 Å². The summed E-state index contributed by atoms with van der Waals surface area (Å²) in [5.74, 6) is -1.13. The van der Waals surface area contributed by atoms with Crippen LogP contribution >= 0.6 is 11.3 Å². The SMILES string of the molecule is C=CCNc1nc(C(=O)O[C@@H](C)C(=O)NC2(C#N)CCCCC2)cs1. The van der Waals surface area contributed by atoms with Crippen LogP contribution in [0, 0.1) is 11.3 Å². The Morgan fingerprint density at radius 1 is 1.52 bits per heavy atom. The second kappa shape index (κ2) is 8.62. The molecule has 8 heteroatoms. The number of nitrogens with zero attached hydrogens (tertiary/aromatic N) is 2. The van der Waals surface area contributed by atoms with Crippen molar-refractivity contribution in [3.63, 3.8) is 0 Å². The van der Waals surface area contributed by atoms with Crippen molar-refractivity contribution < 1.29 is 14.3 Å². The van der Waals surface area contributed by atoms with Crippen molar-refractivity contribution in [2.75, 3.05) is 11.9 Å². The van der Waals surface area contributed by atoms with Gasteiger partial charge < -0.3 is 15.4 Å². The van der Waals surface area contributed by atoms with E-state index in [4.69, 9.17) is 4.74 Å². The Hall–Kier alpha value is -2.40. The normalized spacial score (nSPS) is 17.0. The van der Waals surface area contributed by atoms with Gasteiger partial charge in [-0.1, -0.05) is 25.3 Å². The molecule has 7 nitrogen and oxygen atoms in total. The monoisotopic (exact) mass is 362 g/mol. The number of esters is 1. The first-order valence-corrected chi connectivity index (χ1v) is 9.12. The second-order valence-corrected chi connectivity index (χ2v) is 6.86. The van der Waals surface area contributed by atoms with Crippen LogP contribution in [-0.2, 0) is 9.53 Å². The number of amides is 1. The molecule has 1 heterocycles. The number of hydrogen-bond donors (Lipinski definition) is 2. The molecule has 0 aliphatic heterocycles. The first kappa shape index (κ1) is 18.9. The molecule has 0 unspecified atom stereocenters. The van der Waals surface area contributed by atoms with Crippen molar-refractivity contribution in [3.8, 4) is 6.07 Å². The van der Waals surface area contributed by atoms with Gasteiger partial charge in [0.2, 0.25) is 0 Å². The van der Waals surface area contributed by atoms with Crippen LogP contribution < -0.4 is 10.6 Å². The molecule has 1 aromatic rings. The van der Waals surface area contributed by atoms with Gasteiger partial charge in [-0.25, -0.2) is 9.78 Å². The first-order chi connectivity index (χ1) is 12.0. The van der Waals surface area contributed by atoms with Crippen molar-refractivity contribution in [3.05, 3.63) is 23.7 Å². The highest BCUT2D eigenvalue weighted by Gasteiger charge is 2.35. The van der Waals surface area contributed by atoms with Gasteiger partial charge in [0.25, 0.3) is 5.91 Å². The number of anilines is 1. The lowest BCUT2D eigenvalue weighted by Crippen LogP contribution is -2.52. The van der Waals surface area contributed by atoms with Gasteiger partial charge in [-0.2, -0.15) is 5.26 Å². The van der Waals surface area contributed by atoms with Crippen LogP contribution in [0.15, 0.2) is 18.0 Å². The van der Waals surface area contributed by atoms with E-state index < -0.39 is 23.5 Å². The number of carbonyl (C=O) groups excluding carboxylic acids is 2. The summed E-state index contributed by atoms with van der Waals surface area (Å²) in [6.07, 6.45) is 4.81.